The van der Waals surface area contributed by atoms with Gasteiger partial charge in [0.2, 0.25) is 0 Å². The molecule has 234 valence electrons. The van der Waals surface area contributed by atoms with Crippen LogP contribution in [0.15, 0.2) is 142 Å². The highest BCUT2D eigenvalue weighted by atomic mass is 79.9. The summed E-state index contributed by atoms with van der Waals surface area (Å²) in [6.07, 6.45) is 0. The molecule has 0 saturated carbocycles. The predicted molar refractivity (Wildman–Crippen MR) is 195 cm³/mol. The van der Waals surface area contributed by atoms with Crippen LogP contribution >= 0.6 is 31.9 Å². The Bertz CT molecular complexity index is 1890. The highest BCUT2D eigenvalue weighted by Crippen LogP contribution is 2.58. The lowest BCUT2D eigenvalue weighted by molar-refractivity contribution is 0.202. The first-order chi connectivity index (χ1) is 23.0. The van der Waals surface area contributed by atoms with Gasteiger partial charge in [-0.2, -0.15) is 0 Å². The Kier molecular flexibility index (Phi) is 9.02. The zero-order valence-corrected chi connectivity index (χ0v) is 28.7. The SMILES string of the molecule is OCCOc1ccc(C2(c3ccc(OCCO)c(-c4ccccc4)c3)c3cc(Br)ccc3-c3ccc(Br)cc32)cc1-c1ccccc1. The molecule has 7 rings (SSSR count). The summed E-state index contributed by atoms with van der Waals surface area (Å²) in [7, 11) is 0. The zero-order chi connectivity index (χ0) is 32.4. The first kappa shape index (κ1) is 31.4. The van der Waals surface area contributed by atoms with Gasteiger partial charge in [-0.05, 0) is 93.0 Å². The zero-order valence-electron chi connectivity index (χ0n) is 25.5. The van der Waals surface area contributed by atoms with E-state index in [4.69, 9.17) is 9.47 Å². The van der Waals surface area contributed by atoms with Crippen LogP contribution in [0.1, 0.15) is 22.3 Å². The molecule has 0 amide bonds. The summed E-state index contributed by atoms with van der Waals surface area (Å²) < 4.78 is 14.2. The van der Waals surface area contributed by atoms with Crippen LogP contribution in [-0.2, 0) is 5.41 Å². The van der Waals surface area contributed by atoms with Crippen LogP contribution in [0.2, 0.25) is 0 Å². The maximum absolute atomic E-state index is 9.61. The van der Waals surface area contributed by atoms with Gasteiger partial charge in [-0.25, -0.2) is 0 Å². The van der Waals surface area contributed by atoms with Crippen molar-refractivity contribution >= 4 is 31.9 Å². The van der Waals surface area contributed by atoms with E-state index in [0.717, 1.165) is 53.5 Å². The maximum Gasteiger partial charge on any atom is 0.127 e. The maximum atomic E-state index is 9.61. The first-order valence-electron chi connectivity index (χ1n) is 15.5. The second-order valence-corrected chi connectivity index (χ2v) is 13.3. The van der Waals surface area contributed by atoms with Gasteiger partial charge in [0.1, 0.15) is 24.7 Å². The predicted octanol–water partition coefficient (Wildman–Crippen LogP) is 9.65. The Hall–Kier alpha value is -4.20. The van der Waals surface area contributed by atoms with E-state index in [1.165, 1.54) is 11.1 Å². The molecule has 0 radical (unpaired) electrons. The topological polar surface area (TPSA) is 58.9 Å². The van der Waals surface area contributed by atoms with E-state index >= 15 is 0 Å². The Morgan fingerprint density at radius 3 is 1.30 bits per heavy atom. The van der Waals surface area contributed by atoms with Gasteiger partial charge in [-0.15, -0.1) is 0 Å². The summed E-state index contributed by atoms with van der Waals surface area (Å²) in [5, 5.41) is 19.2. The van der Waals surface area contributed by atoms with E-state index in [-0.39, 0.29) is 26.4 Å². The van der Waals surface area contributed by atoms with Crippen LogP contribution < -0.4 is 9.47 Å². The Morgan fingerprint density at radius 2 is 0.894 bits per heavy atom. The standard InChI is InChI=1S/C41H32Br2O4/c42-31-13-15-33-34-16-14-32(43)26-38(34)41(37(33)25-31,29-11-17-39(46-21-19-44)35(23-29)27-7-3-1-4-8-27)30-12-18-40(47-22-20-45)36(24-30)28-9-5-2-6-10-28/h1-18,23-26,44-45H,19-22H2. The molecule has 47 heavy (non-hydrogen) atoms. The van der Waals surface area contributed by atoms with Gasteiger partial charge in [0.05, 0.1) is 18.6 Å². The molecule has 1 aliphatic carbocycles. The molecule has 2 N–H and O–H groups in total. The molecular weight excluding hydrogens is 716 g/mol. The lowest BCUT2D eigenvalue weighted by Crippen LogP contribution is -2.29. The normalized spacial score (nSPS) is 12.8. The highest BCUT2D eigenvalue weighted by molar-refractivity contribution is 9.10. The molecule has 0 unspecified atom stereocenters. The summed E-state index contributed by atoms with van der Waals surface area (Å²) in [5.41, 5.74) is 10.0. The second kappa shape index (κ2) is 13.5. The Balaban J connectivity index is 1.58. The number of hydrogen-bond donors (Lipinski definition) is 2. The fourth-order valence-electron chi connectivity index (χ4n) is 6.83. The second-order valence-electron chi connectivity index (χ2n) is 11.4. The minimum Gasteiger partial charge on any atom is -0.491 e. The quantitative estimate of drug-likeness (QED) is 0.146. The van der Waals surface area contributed by atoms with Crippen LogP contribution in [0.5, 0.6) is 11.5 Å². The number of fused-ring (bicyclic) bond motifs is 3. The summed E-state index contributed by atoms with van der Waals surface area (Å²) >= 11 is 7.61. The Labute approximate surface area is 291 Å². The number of aliphatic hydroxyl groups excluding tert-OH is 2. The monoisotopic (exact) mass is 746 g/mol. The van der Waals surface area contributed by atoms with Gasteiger partial charge in [-0.1, -0.05) is 117 Å². The fraction of sp³-hybridized carbons (Fsp3) is 0.122. The van der Waals surface area contributed by atoms with Gasteiger partial charge < -0.3 is 19.7 Å². The number of benzene rings is 6. The molecule has 0 atom stereocenters. The van der Waals surface area contributed by atoms with E-state index in [9.17, 15) is 10.2 Å². The molecule has 1 aliphatic rings. The van der Waals surface area contributed by atoms with E-state index in [0.29, 0.717) is 11.5 Å². The van der Waals surface area contributed by atoms with Crippen molar-refractivity contribution < 1.29 is 19.7 Å². The van der Waals surface area contributed by atoms with Gasteiger partial charge >= 0.3 is 0 Å². The molecule has 0 spiro atoms. The van der Waals surface area contributed by atoms with Gasteiger partial charge in [0, 0.05) is 20.1 Å². The number of aliphatic hydroxyl groups is 2. The van der Waals surface area contributed by atoms with Crippen molar-refractivity contribution in [3.63, 3.8) is 0 Å². The molecule has 6 aromatic rings. The highest BCUT2D eigenvalue weighted by Gasteiger charge is 2.47. The van der Waals surface area contributed by atoms with Crippen molar-refractivity contribution in [2.75, 3.05) is 26.4 Å². The van der Waals surface area contributed by atoms with Crippen LogP contribution in [0.3, 0.4) is 0 Å². The molecule has 6 heteroatoms. The van der Waals surface area contributed by atoms with Crippen molar-refractivity contribution in [2.24, 2.45) is 0 Å². The Morgan fingerprint density at radius 1 is 0.468 bits per heavy atom. The number of hydrogen-bond acceptors (Lipinski definition) is 4. The van der Waals surface area contributed by atoms with E-state index in [2.05, 4.69) is 117 Å². The molecule has 0 bridgehead atoms. The van der Waals surface area contributed by atoms with Crippen molar-refractivity contribution in [1.29, 1.82) is 0 Å². The number of rotatable bonds is 10. The molecule has 0 aromatic heterocycles. The molecule has 0 heterocycles. The van der Waals surface area contributed by atoms with Crippen molar-refractivity contribution in [3.05, 3.63) is 165 Å². The van der Waals surface area contributed by atoms with Gasteiger partial charge in [-0.3, -0.25) is 0 Å². The minimum absolute atomic E-state index is 0.0737. The smallest absolute Gasteiger partial charge is 0.127 e. The first-order valence-corrected chi connectivity index (χ1v) is 17.1. The largest absolute Gasteiger partial charge is 0.491 e. The minimum atomic E-state index is -0.726. The van der Waals surface area contributed by atoms with Crippen LogP contribution in [-0.4, -0.2) is 36.6 Å². The third-order valence-corrected chi connectivity index (χ3v) is 9.74. The number of ether oxygens (including phenoxy) is 2. The summed E-state index contributed by atoms with van der Waals surface area (Å²) in [5.74, 6) is 1.42. The van der Waals surface area contributed by atoms with Crippen LogP contribution in [0, 0.1) is 0 Å². The van der Waals surface area contributed by atoms with Crippen molar-refractivity contribution in [2.45, 2.75) is 5.41 Å². The summed E-state index contributed by atoms with van der Waals surface area (Å²) in [6.45, 7) is 0.253. The lowest BCUT2D eigenvalue weighted by atomic mass is 9.67. The molecular formula is C41H32Br2O4. The van der Waals surface area contributed by atoms with Crippen LogP contribution in [0.25, 0.3) is 33.4 Å². The van der Waals surface area contributed by atoms with Crippen molar-refractivity contribution in [1.82, 2.24) is 0 Å². The number of halogens is 2. The van der Waals surface area contributed by atoms with E-state index in [1.54, 1.807) is 0 Å². The summed E-state index contributed by atoms with van der Waals surface area (Å²) in [4.78, 5) is 0. The molecule has 0 aliphatic heterocycles. The third kappa shape index (κ3) is 5.70. The molecule has 0 saturated heterocycles. The lowest BCUT2D eigenvalue weighted by Gasteiger charge is -2.35. The van der Waals surface area contributed by atoms with E-state index < -0.39 is 5.41 Å². The van der Waals surface area contributed by atoms with Gasteiger partial charge in [0.25, 0.3) is 0 Å². The van der Waals surface area contributed by atoms with Gasteiger partial charge in [0.15, 0.2) is 0 Å². The fourth-order valence-corrected chi connectivity index (χ4v) is 7.56. The average molecular weight is 749 g/mol. The third-order valence-electron chi connectivity index (χ3n) is 8.75. The van der Waals surface area contributed by atoms with Crippen LogP contribution in [0.4, 0.5) is 0 Å². The van der Waals surface area contributed by atoms with Crippen molar-refractivity contribution in [3.8, 4) is 44.9 Å². The average Bonchev–Trinajstić information content (AvgIpc) is 3.39. The molecule has 0 fully saturated rings. The van der Waals surface area contributed by atoms with E-state index in [1.807, 2.05) is 48.5 Å². The molecule has 4 nitrogen and oxygen atoms in total. The summed E-state index contributed by atoms with van der Waals surface area (Å²) in [6, 6.07) is 46.4. The molecule has 6 aromatic carbocycles.